The van der Waals surface area contributed by atoms with Crippen molar-refractivity contribution in [3.63, 3.8) is 0 Å². The topological polar surface area (TPSA) is 89.0 Å². The predicted octanol–water partition coefficient (Wildman–Crippen LogP) is 3.04. The lowest BCUT2D eigenvalue weighted by atomic mass is 9.78. The van der Waals surface area contributed by atoms with E-state index in [2.05, 4.69) is 4.98 Å². The van der Waals surface area contributed by atoms with Gasteiger partial charge in [-0.2, -0.15) is 0 Å². The number of esters is 1. The summed E-state index contributed by atoms with van der Waals surface area (Å²) in [5.74, 6) is -0.0237. The largest absolute Gasteiger partial charge is 0.497 e. The monoisotopic (exact) mass is 454 g/mol. The molecule has 1 aromatic carbocycles. The van der Waals surface area contributed by atoms with Gasteiger partial charge in [0, 0.05) is 29.0 Å². The van der Waals surface area contributed by atoms with E-state index >= 15 is 0 Å². The number of fused-ring (bicyclic) bond motifs is 1. The van der Waals surface area contributed by atoms with Crippen LogP contribution in [0.25, 0.3) is 0 Å². The molecule has 4 rings (SSSR count). The number of thioether (sulfide) groups is 1. The number of rotatable bonds is 8. The number of carbonyl (C=O) groups is 2. The summed E-state index contributed by atoms with van der Waals surface area (Å²) in [6.07, 6.45) is 2.67. The Morgan fingerprint density at radius 3 is 2.53 bits per heavy atom. The van der Waals surface area contributed by atoms with Crippen molar-refractivity contribution in [2.75, 3.05) is 12.9 Å². The van der Waals surface area contributed by atoms with Gasteiger partial charge in [-0.05, 0) is 42.3 Å². The molecule has 1 saturated heterocycles. The van der Waals surface area contributed by atoms with Gasteiger partial charge in [-0.15, -0.1) is 11.8 Å². The Hall–Kier alpha value is -2.84. The van der Waals surface area contributed by atoms with E-state index in [0.29, 0.717) is 11.4 Å². The highest BCUT2D eigenvalue weighted by Gasteiger charge is 2.59. The number of pyridine rings is 1. The zero-order chi connectivity index (χ0) is 22.8. The molecule has 3 heterocycles. The van der Waals surface area contributed by atoms with Crippen molar-refractivity contribution in [3.8, 4) is 5.75 Å². The summed E-state index contributed by atoms with van der Waals surface area (Å²) in [5.41, 5.74) is 2.01. The Balaban J connectivity index is 1.55. The molecule has 2 aliphatic rings. The number of β-lactam (4-membered cyclic amide) rings is 1. The molecule has 0 radical (unpaired) electrons. The summed E-state index contributed by atoms with van der Waals surface area (Å²) in [4.78, 5) is 32.5. The molecular formula is C24H26N2O5S. The molecule has 1 aromatic heterocycles. The standard InChI is InChI=1S/C24H26N2O5S/c1-14-19(13-32-18-8-10-25-11-9-18)22(26-21(14)20(15(2)27)23(26)28)24(29)31-12-16-4-6-17(30-3)7-5-16/h4-11,14-15,20-21,27H,12-13H2,1-3H3/t14?,15?,20-,21+/m1/s1. The van der Waals surface area contributed by atoms with E-state index in [0.717, 1.165) is 21.8 Å². The number of ether oxygens (including phenoxy) is 2. The van der Waals surface area contributed by atoms with Gasteiger partial charge in [0.25, 0.3) is 0 Å². The van der Waals surface area contributed by atoms with E-state index in [4.69, 9.17) is 9.47 Å². The average Bonchev–Trinajstić information content (AvgIpc) is 3.04. The second-order valence-corrected chi connectivity index (χ2v) is 9.07. The second-order valence-electron chi connectivity index (χ2n) is 8.02. The third-order valence-electron chi connectivity index (χ3n) is 6.08. The van der Waals surface area contributed by atoms with Crippen molar-refractivity contribution in [2.24, 2.45) is 11.8 Å². The van der Waals surface area contributed by atoms with Crippen LogP contribution >= 0.6 is 11.8 Å². The molecule has 32 heavy (non-hydrogen) atoms. The Labute approximate surface area is 191 Å². The van der Waals surface area contributed by atoms with Gasteiger partial charge in [-0.25, -0.2) is 4.79 Å². The molecule has 1 amide bonds. The Morgan fingerprint density at radius 2 is 1.91 bits per heavy atom. The molecule has 4 atom stereocenters. The number of aliphatic hydroxyl groups excluding tert-OH is 1. The number of carbonyl (C=O) groups excluding carboxylic acids is 2. The zero-order valence-corrected chi connectivity index (χ0v) is 19.0. The normalized spacial score (nSPS) is 22.9. The third kappa shape index (κ3) is 4.12. The van der Waals surface area contributed by atoms with E-state index in [-0.39, 0.29) is 24.5 Å². The van der Waals surface area contributed by atoms with Crippen molar-refractivity contribution in [1.82, 2.24) is 9.88 Å². The van der Waals surface area contributed by atoms with E-state index in [1.807, 2.05) is 31.2 Å². The van der Waals surface area contributed by atoms with Gasteiger partial charge in [0.1, 0.15) is 18.1 Å². The fourth-order valence-corrected chi connectivity index (χ4v) is 5.39. The lowest BCUT2D eigenvalue weighted by molar-refractivity contribution is -0.164. The van der Waals surface area contributed by atoms with Crippen LogP contribution in [-0.4, -0.2) is 51.9 Å². The maximum absolute atomic E-state index is 13.1. The average molecular weight is 455 g/mol. The first-order chi connectivity index (χ1) is 15.4. The number of nitrogens with zero attached hydrogens (tertiary/aromatic N) is 2. The molecule has 0 saturated carbocycles. The van der Waals surface area contributed by atoms with Gasteiger partial charge in [-0.1, -0.05) is 19.1 Å². The maximum Gasteiger partial charge on any atom is 0.355 e. The van der Waals surface area contributed by atoms with Crippen LogP contribution in [0.4, 0.5) is 0 Å². The SMILES string of the molecule is COc1ccc(COC(=O)C2=C(CSc3ccncc3)C(C)[C@H]3[C@@H](C(C)O)C(=O)N23)cc1. The summed E-state index contributed by atoms with van der Waals surface area (Å²) in [6, 6.07) is 10.9. The minimum atomic E-state index is -0.769. The molecule has 0 aliphatic carbocycles. The summed E-state index contributed by atoms with van der Waals surface area (Å²) in [7, 11) is 1.59. The Kier molecular flexibility index (Phi) is 6.53. The van der Waals surface area contributed by atoms with Gasteiger partial charge in [0.05, 0.1) is 25.2 Å². The molecule has 0 spiro atoms. The number of methoxy groups -OCH3 is 1. The highest BCUT2D eigenvalue weighted by molar-refractivity contribution is 7.99. The zero-order valence-electron chi connectivity index (χ0n) is 18.2. The third-order valence-corrected chi connectivity index (χ3v) is 7.14. The van der Waals surface area contributed by atoms with Crippen molar-refractivity contribution in [3.05, 3.63) is 65.6 Å². The molecule has 1 fully saturated rings. The van der Waals surface area contributed by atoms with Gasteiger partial charge >= 0.3 is 5.97 Å². The highest BCUT2D eigenvalue weighted by Crippen LogP contribution is 2.48. The lowest BCUT2D eigenvalue weighted by Crippen LogP contribution is -2.63. The van der Waals surface area contributed by atoms with Crippen LogP contribution in [0.5, 0.6) is 5.75 Å². The maximum atomic E-state index is 13.1. The van der Waals surface area contributed by atoms with Crippen LogP contribution in [0.2, 0.25) is 0 Å². The number of aliphatic hydroxyl groups is 1. The number of hydrogen-bond donors (Lipinski definition) is 1. The van der Waals surface area contributed by atoms with Gasteiger partial charge in [0.15, 0.2) is 0 Å². The Morgan fingerprint density at radius 1 is 1.22 bits per heavy atom. The summed E-state index contributed by atoms with van der Waals surface area (Å²) < 4.78 is 10.8. The van der Waals surface area contributed by atoms with Crippen molar-refractivity contribution >= 4 is 23.6 Å². The minimum absolute atomic E-state index is 0.0508. The van der Waals surface area contributed by atoms with Crippen LogP contribution in [0, 0.1) is 11.8 Å². The van der Waals surface area contributed by atoms with Crippen molar-refractivity contribution in [2.45, 2.75) is 37.5 Å². The van der Waals surface area contributed by atoms with E-state index in [1.165, 1.54) is 4.90 Å². The first-order valence-electron chi connectivity index (χ1n) is 10.5. The fourth-order valence-electron chi connectivity index (χ4n) is 4.36. The van der Waals surface area contributed by atoms with E-state index in [9.17, 15) is 14.7 Å². The number of aromatic nitrogens is 1. The smallest absolute Gasteiger partial charge is 0.355 e. The summed E-state index contributed by atoms with van der Waals surface area (Å²) in [5, 5.41) is 10.1. The van der Waals surface area contributed by atoms with Crippen LogP contribution in [-0.2, 0) is 20.9 Å². The number of benzene rings is 1. The molecular weight excluding hydrogens is 428 g/mol. The number of amides is 1. The van der Waals surface area contributed by atoms with Crippen molar-refractivity contribution in [1.29, 1.82) is 0 Å². The minimum Gasteiger partial charge on any atom is -0.497 e. The first-order valence-corrected chi connectivity index (χ1v) is 11.5. The first kappa shape index (κ1) is 22.4. The predicted molar refractivity (Wildman–Crippen MR) is 120 cm³/mol. The summed E-state index contributed by atoms with van der Waals surface area (Å²) >= 11 is 1.58. The molecule has 1 N–H and O–H groups in total. The molecule has 8 heteroatoms. The molecule has 168 valence electrons. The van der Waals surface area contributed by atoms with Gasteiger partial charge < -0.3 is 19.5 Å². The van der Waals surface area contributed by atoms with Crippen LogP contribution in [0.1, 0.15) is 19.4 Å². The molecule has 2 aliphatic heterocycles. The lowest BCUT2D eigenvalue weighted by Gasteiger charge is -2.46. The van der Waals surface area contributed by atoms with E-state index < -0.39 is 18.0 Å². The second kappa shape index (κ2) is 9.34. The van der Waals surface area contributed by atoms with Crippen molar-refractivity contribution < 1.29 is 24.2 Å². The molecule has 0 bridgehead atoms. The molecule has 2 unspecified atom stereocenters. The quantitative estimate of drug-likeness (QED) is 0.373. The van der Waals surface area contributed by atoms with Gasteiger partial charge in [0.2, 0.25) is 5.91 Å². The summed E-state index contributed by atoms with van der Waals surface area (Å²) in [6.45, 7) is 3.72. The molecule has 7 nitrogen and oxygen atoms in total. The number of hydrogen-bond acceptors (Lipinski definition) is 7. The Bertz CT molecular complexity index is 1020. The van der Waals surface area contributed by atoms with Crippen LogP contribution in [0.15, 0.2) is 65.0 Å². The van der Waals surface area contributed by atoms with Crippen LogP contribution in [0.3, 0.4) is 0 Å². The highest BCUT2D eigenvalue weighted by atomic mass is 32.2. The van der Waals surface area contributed by atoms with Gasteiger partial charge in [-0.3, -0.25) is 9.78 Å². The molecule has 2 aromatic rings. The fraction of sp³-hybridized carbons (Fsp3) is 0.375. The van der Waals surface area contributed by atoms with E-state index in [1.54, 1.807) is 50.3 Å². The van der Waals surface area contributed by atoms with Crippen LogP contribution < -0.4 is 4.74 Å².